The number of carbonyl (C=O) groups is 1. The third-order valence-electron chi connectivity index (χ3n) is 2.32. The third-order valence-corrected chi connectivity index (χ3v) is 2.32. The lowest BCUT2D eigenvalue weighted by Crippen LogP contribution is -2.16. The summed E-state index contributed by atoms with van der Waals surface area (Å²) in [4.78, 5) is 10.7. The summed E-state index contributed by atoms with van der Waals surface area (Å²) in [5.74, 6) is 0.404. The fourth-order valence-corrected chi connectivity index (χ4v) is 1.30. The van der Waals surface area contributed by atoms with Gasteiger partial charge < -0.3 is 9.67 Å². The Morgan fingerprint density at radius 1 is 1.77 bits per heavy atom. The van der Waals surface area contributed by atoms with E-state index in [0.717, 1.165) is 18.7 Å². The summed E-state index contributed by atoms with van der Waals surface area (Å²) >= 11 is 0. The van der Waals surface area contributed by atoms with Crippen LogP contribution >= 0.6 is 0 Å². The number of carboxylic acid groups (broad SMARTS) is 1. The molecule has 0 bridgehead atoms. The van der Waals surface area contributed by atoms with Crippen molar-refractivity contribution in [3.05, 3.63) is 12.2 Å². The van der Waals surface area contributed by atoms with Gasteiger partial charge in [-0.3, -0.25) is 0 Å². The number of hydrogen-bond donors (Lipinski definition) is 1. The minimum absolute atomic E-state index is 0.435. The van der Waals surface area contributed by atoms with Crippen LogP contribution in [0.5, 0.6) is 0 Å². The minimum Gasteiger partial charge on any atom is -0.480 e. The van der Waals surface area contributed by atoms with Crippen molar-refractivity contribution in [2.45, 2.75) is 31.7 Å². The number of nitrogens with zero attached hydrogens (tertiary/aromatic N) is 3. The molecule has 0 aromatic carbocycles. The van der Waals surface area contributed by atoms with E-state index in [1.807, 2.05) is 0 Å². The zero-order chi connectivity index (χ0) is 9.42. The van der Waals surface area contributed by atoms with Gasteiger partial charge in [-0.2, -0.15) is 0 Å². The first-order valence-corrected chi connectivity index (χ1v) is 4.32. The van der Waals surface area contributed by atoms with E-state index in [2.05, 4.69) is 10.2 Å². The fourth-order valence-electron chi connectivity index (χ4n) is 1.30. The monoisotopic (exact) mass is 181 g/mol. The van der Waals surface area contributed by atoms with Crippen LogP contribution in [0.1, 0.15) is 37.5 Å². The van der Waals surface area contributed by atoms with Crippen LogP contribution in [0.2, 0.25) is 0 Å². The zero-order valence-corrected chi connectivity index (χ0v) is 7.34. The smallest absolute Gasteiger partial charge is 0.326 e. The first-order valence-electron chi connectivity index (χ1n) is 4.32. The third kappa shape index (κ3) is 1.41. The predicted octanol–water partition coefficient (Wildman–Crippen LogP) is 0.801. The second kappa shape index (κ2) is 2.83. The van der Waals surface area contributed by atoms with E-state index in [1.54, 1.807) is 11.5 Å². The number of aliphatic carboxylic acids is 1. The largest absolute Gasteiger partial charge is 0.480 e. The molecule has 1 fully saturated rings. The van der Waals surface area contributed by atoms with Crippen LogP contribution in [-0.2, 0) is 4.79 Å². The van der Waals surface area contributed by atoms with Crippen molar-refractivity contribution >= 4 is 5.97 Å². The highest BCUT2D eigenvalue weighted by atomic mass is 16.4. The Kier molecular flexibility index (Phi) is 1.79. The average Bonchev–Trinajstić information content (AvgIpc) is 2.83. The molecule has 1 atom stereocenters. The maximum atomic E-state index is 10.7. The van der Waals surface area contributed by atoms with E-state index in [9.17, 15) is 4.79 Å². The second-order valence-electron chi connectivity index (χ2n) is 3.38. The molecule has 0 aliphatic heterocycles. The zero-order valence-electron chi connectivity index (χ0n) is 7.34. The van der Waals surface area contributed by atoms with Crippen LogP contribution in [-0.4, -0.2) is 25.8 Å². The molecule has 0 radical (unpaired) electrons. The molecule has 2 rings (SSSR count). The topological polar surface area (TPSA) is 68.0 Å². The lowest BCUT2D eigenvalue weighted by atomic mass is 10.3. The van der Waals surface area contributed by atoms with E-state index in [-0.39, 0.29) is 0 Å². The molecule has 1 aliphatic rings. The molecule has 1 aromatic heterocycles. The Balaban J connectivity index is 2.27. The SMILES string of the molecule is CC(C(=O)O)n1cnnc1C1CC1. The quantitative estimate of drug-likeness (QED) is 0.748. The molecule has 5 nitrogen and oxygen atoms in total. The van der Waals surface area contributed by atoms with Crippen molar-refractivity contribution in [2.75, 3.05) is 0 Å². The van der Waals surface area contributed by atoms with Crippen LogP contribution in [0.3, 0.4) is 0 Å². The summed E-state index contributed by atoms with van der Waals surface area (Å²) in [6.07, 6.45) is 3.70. The standard InChI is InChI=1S/C8H11N3O2/c1-5(8(12)13)11-4-9-10-7(11)6-2-3-6/h4-6H,2-3H2,1H3,(H,12,13). The van der Waals surface area contributed by atoms with Gasteiger partial charge in [0.25, 0.3) is 0 Å². The first-order chi connectivity index (χ1) is 6.20. The van der Waals surface area contributed by atoms with Crippen molar-refractivity contribution in [3.63, 3.8) is 0 Å². The van der Waals surface area contributed by atoms with Crippen molar-refractivity contribution < 1.29 is 9.90 Å². The summed E-state index contributed by atoms with van der Waals surface area (Å²) in [5.41, 5.74) is 0. The molecule has 1 saturated carbocycles. The number of rotatable bonds is 3. The summed E-state index contributed by atoms with van der Waals surface area (Å²) < 4.78 is 1.64. The Morgan fingerprint density at radius 3 is 3.00 bits per heavy atom. The van der Waals surface area contributed by atoms with Gasteiger partial charge in [-0.05, 0) is 19.8 Å². The predicted molar refractivity (Wildman–Crippen MR) is 44.3 cm³/mol. The van der Waals surface area contributed by atoms with Gasteiger partial charge in [0.1, 0.15) is 18.2 Å². The maximum Gasteiger partial charge on any atom is 0.326 e. The van der Waals surface area contributed by atoms with Crippen LogP contribution in [0.15, 0.2) is 6.33 Å². The van der Waals surface area contributed by atoms with Gasteiger partial charge >= 0.3 is 5.97 Å². The molecular formula is C8H11N3O2. The van der Waals surface area contributed by atoms with Gasteiger partial charge in [-0.15, -0.1) is 10.2 Å². The molecule has 1 heterocycles. The van der Waals surface area contributed by atoms with Crippen LogP contribution in [0.4, 0.5) is 0 Å². The van der Waals surface area contributed by atoms with Gasteiger partial charge in [0, 0.05) is 5.92 Å². The highest BCUT2D eigenvalue weighted by Crippen LogP contribution is 2.39. The van der Waals surface area contributed by atoms with Gasteiger partial charge in [0.15, 0.2) is 0 Å². The molecule has 0 amide bonds. The van der Waals surface area contributed by atoms with Crippen LogP contribution in [0.25, 0.3) is 0 Å². The van der Waals surface area contributed by atoms with Crippen molar-refractivity contribution in [1.82, 2.24) is 14.8 Å². The van der Waals surface area contributed by atoms with Crippen LogP contribution < -0.4 is 0 Å². The summed E-state index contributed by atoms with van der Waals surface area (Å²) in [5, 5.41) is 16.5. The van der Waals surface area contributed by atoms with E-state index < -0.39 is 12.0 Å². The highest BCUT2D eigenvalue weighted by molar-refractivity contribution is 5.71. The molecule has 5 heteroatoms. The number of hydrogen-bond acceptors (Lipinski definition) is 3. The van der Waals surface area contributed by atoms with Gasteiger partial charge in [0.05, 0.1) is 0 Å². The molecular weight excluding hydrogens is 170 g/mol. The second-order valence-corrected chi connectivity index (χ2v) is 3.38. The lowest BCUT2D eigenvalue weighted by molar-refractivity contribution is -0.140. The van der Waals surface area contributed by atoms with Crippen LogP contribution in [0, 0.1) is 0 Å². The van der Waals surface area contributed by atoms with Crippen molar-refractivity contribution in [3.8, 4) is 0 Å². The summed E-state index contributed by atoms with van der Waals surface area (Å²) in [6.45, 7) is 1.64. The molecule has 1 aliphatic carbocycles. The molecule has 70 valence electrons. The molecule has 1 aromatic rings. The van der Waals surface area contributed by atoms with Gasteiger partial charge in [0.2, 0.25) is 0 Å². The number of carboxylic acids is 1. The summed E-state index contributed by atoms with van der Waals surface area (Å²) in [6, 6.07) is -0.564. The average molecular weight is 181 g/mol. The number of aromatic nitrogens is 3. The van der Waals surface area contributed by atoms with Crippen molar-refractivity contribution in [1.29, 1.82) is 0 Å². The first kappa shape index (κ1) is 8.22. The molecule has 1 N–H and O–H groups in total. The highest BCUT2D eigenvalue weighted by Gasteiger charge is 2.31. The lowest BCUT2D eigenvalue weighted by Gasteiger charge is -2.09. The van der Waals surface area contributed by atoms with Gasteiger partial charge in [-0.25, -0.2) is 4.79 Å². The maximum absolute atomic E-state index is 10.7. The minimum atomic E-state index is -0.846. The Bertz CT molecular complexity index is 330. The molecule has 0 saturated heterocycles. The van der Waals surface area contributed by atoms with Crippen molar-refractivity contribution in [2.24, 2.45) is 0 Å². The Morgan fingerprint density at radius 2 is 2.46 bits per heavy atom. The van der Waals surface area contributed by atoms with E-state index >= 15 is 0 Å². The van der Waals surface area contributed by atoms with Gasteiger partial charge in [-0.1, -0.05) is 0 Å². The Labute approximate surface area is 75.4 Å². The molecule has 0 spiro atoms. The fraction of sp³-hybridized carbons (Fsp3) is 0.625. The van der Waals surface area contributed by atoms with E-state index in [4.69, 9.17) is 5.11 Å². The Hall–Kier alpha value is -1.39. The van der Waals surface area contributed by atoms with E-state index in [0.29, 0.717) is 5.92 Å². The molecule has 1 unspecified atom stereocenters. The van der Waals surface area contributed by atoms with E-state index in [1.165, 1.54) is 6.33 Å². The summed E-state index contributed by atoms with van der Waals surface area (Å²) in [7, 11) is 0. The normalized spacial score (nSPS) is 18.5. The molecule has 13 heavy (non-hydrogen) atoms.